The van der Waals surface area contributed by atoms with Gasteiger partial charge in [0.25, 0.3) is 11.8 Å². The molecule has 4 saturated carbocycles. The molecule has 5 aliphatic rings. The number of nitrogens with one attached hydrogen (secondary N) is 2. The molecular formula is C34H38ClN3O7S. The summed E-state index contributed by atoms with van der Waals surface area (Å²) in [6, 6.07) is 11.8. The van der Waals surface area contributed by atoms with Gasteiger partial charge in [-0.05, 0) is 66.5 Å². The number of halogens is 1. The van der Waals surface area contributed by atoms with Crippen molar-refractivity contribution >= 4 is 45.1 Å². The lowest BCUT2D eigenvalue weighted by molar-refractivity contribution is -0.163. The Labute approximate surface area is 273 Å². The van der Waals surface area contributed by atoms with Gasteiger partial charge in [-0.1, -0.05) is 57.5 Å². The molecule has 3 unspecified atom stereocenters. The van der Waals surface area contributed by atoms with Crippen molar-refractivity contribution < 1.29 is 32.7 Å². The van der Waals surface area contributed by atoms with Crippen molar-refractivity contribution in [2.45, 2.75) is 52.2 Å². The predicted octanol–water partition coefficient (Wildman–Crippen LogP) is 3.14. The third-order valence-corrected chi connectivity index (χ3v) is 13.4. The van der Waals surface area contributed by atoms with Crippen molar-refractivity contribution in [1.82, 2.24) is 14.9 Å². The first-order chi connectivity index (χ1) is 21.5. The van der Waals surface area contributed by atoms with E-state index in [0.717, 1.165) is 5.56 Å². The summed E-state index contributed by atoms with van der Waals surface area (Å²) in [6.07, 6.45) is 0.885. The minimum Gasteiger partial charge on any atom is -0.384 e. The van der Waals surface area contributed by atoms with Crippen molar-refractivity contribution in [1.29, 1.82) is 0 Å². The Morgan fingerprint density at radius 2 is 1.72 bits per heavy atom. The summed E-state index contributed by atoms with van der Waals surface area (Å²) in [5, 5.41) is 15.1. The number of aliphatic hydroxyl groups is 1. The molecule has 46 heavy (non-hydrogen) atoms. The second-order valence-electron chi connectivity index (χ2n) is 14.9. The number of rotatable bonds is 9. The molecule has 244 valence electrons. The zero-order valence-corrected chi connectivity index (χ0v) is 27.7. The van der Waals surface area contributed by atoms with Crippen LogP contribution in [0.3, 0.4) is 0 Å². The highest BCUT2D eigenvalue weighted by Crippen LogP contribution is 3.06. The maximum atomic E-state index is 13.8. The lowest BCUT2D eigenvalue weighted by Gasteiger charge is -2.56. The van der Waals surface area contributed by atoms with Crippen molar-refractivity contribution in [3.63, 3.8) is 0 Å². The summed E-state index contributed by atoms with van der Waals surface area (Å²) >= 11 is 6.05. The number of hydrogen-bond acceptors (Lipinski definition) is 7. The molecule has 1 saturated heterocycles. The Bertz CT molecular complexity index is 1810. The topological polar surface area (TPSA) is 150 Å². The molecule has 1 spiro atoms. The molecule has 1 heterocycles. The van der Waals surface area contributed by atoms with Crippen LogP contribution in [-0.2, 0) is 25.2 Å². The molecular weight excluding hydrogens is 630 g/mol. The number of benzene rings is 2. The van der Waals surface area contributed by atoms with Crippen LogP contribution in [0.1, 0.15) is 66.8 Å². The summed E-state index contributed by atoms with van der Waals surface area (Å²) in [5.74, 6) is -1.49. The monoisotopic (exact) mass is 667 g/mol. The summed E-state index contributed by atoms with van der Waals surface area (Å²) in [6.45, 7) is 7.98. The minimum absolute atomic E-state index is 0.0242. The number of nitrogens with zero attached hydrogens (tertiary/aromatic N) is 1. The van der Waals surface area contributed by atoms with Crippen LogP contribution in [0.2, 0.25) is 5.02 Å². The number of carbonyl (C=O) groups excluding carboxylic acids is 4. The number of ketones is 1. The largest absolute Gasteiger partial charge is 0.384 e. The van der Waals surface area contributed by atoms with E-state index in [0.29, 0.717) is 29.7 Å². The van der Waals surface area contributed by atoms with Gasteiger partial charge in [-0.3, -0.25) is 19.2 Å². The quantitative estimate of drug-likeness (QED) is 0.372. The zero-order chi connectivity index (χ0) is 33.2. The van der Waals surface area contributed by atoms with Crippen LogP contribution in [-0.4, -0.2) is 66.8 Å². The van der Waals surface area contributed by atoms with Gasteiger partial charge in [0.05, 0.1) is 16.8 Å². The molecule has 2 aromatic carbocycles. The molecule has 7 rings (SSSR count). The van der Waals surface area contributed by atoms with E-state index in [2.05, 4.69) is 10.0 Å². The number of fused-ring (bicyclic) bond motifs is 2. The summed E-state index contributed by atoms with van der Waals surface area (Å²) < 4.78 is 28.0. The molecule has 0 bridgehead atoms. The van der Waals surface area contributed by atoms with Crippen LogP contribution in [0, 0.1) is 39.9 Å². The number of Topliss-reactive ketones (excluding diaryl/α,β-unsaturated/α-hetero) is 1. The highest BCUT2D eigenvalue weighted by atomic mass is 35.5. The van der Waals surface area contributed by atoms with Gasteiger partial charge < -0.3 is 15.3 Å². The Kier molecular flexibility index (Phi) is 6.72. The Morgan fingerprint density at radius 3 is 2.26 bits per heavy atom. The summed E-state index contributed by atoms with van der Waals surface area (Å²) in [5.41, 5.74) is -2.03. The average Bonchev–Trinajstić information content (AvgIpc) is 3.85. The van der Waals surface area contributed by atoms with Gasteiger partial charge in [0.2, 0.25) is 15.9 Å². The molecule has 3 amide bonds. The van der Waals surface area contributed by atoms with Crippen molar-refractivity contribution in [3.8, 4) is 0 Å². The van der Waals surface area contributed by atoms with Crippen LogP contribution in [0.15, 0.2) is 48.5 Å². The molecule has 5 fully saturated rings. The van der Waals surface area contributed by atoms with E-state index < -0.39 is 44.3 Å². The first kappa shape index (κ1) is 31.3. The minimum atomic E-state index is -4.08. The van der Waals surface area contributed by atoms with Gasteiger partial charge in [-0.15, -0.1) is 0 Å². The van der Waals surface area contributed by atoms with Crippen molar-refractivity contribution in [2.75, 3.05) is 18.8 Å². The van der Waals surface area contributed by atoms with E-state index in [4.69, 9.17) is 11.6 Å². The highest BCUT2D eigenvalue weighted by Gasteiger charge is 3.09. The fourth-order valence-electron chi connectivity index (χ4n) is 9.22. The lowest BCUT2D eigenvalue weighted by Crippen LogP contribution is -2.65. The molecule has 7 atom stereocenters. The van der Waals surface area contributed by atoms with Gasteiger partial charge in [0.15, 0.2) is 0 Å². The van der Waals surface area contributed by atoms with Gasteiger partial charge in [0, 0.05) is 46.0 Å². The molecule has 0 radical (unpaired) electrons. The Hall–Kier alpha value is -3.28. The first-order valence-corrected chi connectivity index (χ1v) is 17.8. The van der Waals surface area contributed by atoms with Crippen LogP contribution in [0.5, 0.6) is 0 Å². The van der Waals surface area contributed by atoms with Gasteiger partial charge >= 0.3 is 0 Å². The molecule has 10 nitrogen and oxygen atoms in total. The molecule has 2 aromatic rings. The maximum absolute atomic E-state index is 13.8. The fraction of sp³-hybridized carbons (Fsp3) is 0.529. The maximum Gasteiger partial charge on any atom is 0.264 e. The zero-order valence-electron chi connectivity index (χ0n) is 26.2. The molecule has 4 aliphatic carbocycles. The van der Waals surface area contributed by atoms with Gasteiger partial charge in [-0.25, -0.2) is 13.1 Å². The summed E-state index contributed by atoms with van der Waals surface area (Å²) in [7, 11) is -4.08. The molecule has 0 aromatic heterocycles. The van der Waals surface area contributed by atoms with E-state index in [1.54, 1.807) is 29.2 Å². The second kappa shape index (κ2) is 9.87. The second-order valence-corrected chi connectivity index (χ2v) is 17.1. The number of piperidine rings is 1. The average molecular weight is 668 g/mol. The smallest absolute Gasteiger partial charge is 0.264 e. The van der Waals surface area contributed by atoms with Crippen molar-refractivity contribution in [2.24, 2.45) is 39.9 Å². The van der Waals surface area contributed by atoms with Gasteiger partial charge in [-0.2, -0.15) is 0 Å². The summed E-state index contributed by atoms with van der Waals surface area (Å²) in [4.78, 5) is 54.3. The Morgan fingerprint density at radius 1 is 1.07 bits per heavy atom. The van der Waals surface area contributed by atoms with Crippen LogP contribution >= 0.6 is 11.6 Å². The number of carbonyl (C=O) groups is 4. The van der Waals surface area contributed by atoms with E-state index in [-0.39, 0.29) is 58.9 Å². The number of sulfonamides is 1. The van der Waals surface area contributed by atoms with E-state index in [1.165, 1.54) is 24.3 Å². The fourth-order valence-corrected chi connectivity index (χ4v) is 11.0. The first-order valence-electron chi connectivity index (χ1n) is 15.8. The normalized spacial score (nSPS) is 33.5. The standard InChI is InChI=1S/C34H38ClN3O7S/c1-18(2)26(30(42)38-13-12-33(43,31(3,4)16-38)21-8-10-22(35)11-9-21)36-28(40)19-6-5-7-20(14-19)29(41)37-46(44,45)17-32-15-23-24-25(27(32)39)34(23,24)32/h5-11,14,18,23-26,43H,12-13,15-17H2,1-4H3,(H,36,40)(H,37,41)/t23?,24-,25?,26-,32-,33+,34?/m1/s1. The SMILES string of the molecule is CC(C)[C@@H](NC(=O)c1cccc(C(=O)NS(=O)(=O)C[C@]23CC4[C@@H]5C(C2=O)C453)c1)C(=O)N1CC[C@](O)(c2ccc(Cl)cc2)C(C)(C)C1. The lowest BCUT2D eigenvalue weighted by atomic mass is 9.46. The number of amides is 3. The third kappa shape index (κ3) is 4.20. The predicted molar refractivity (Wildman–Crippen MR) is 169 cm³/mol. The van der Waals surface area contributed by atoms with E-state index in [1.807, 2.05) is 27.7 Å². The van der Waals surface area contributed by atoms with Crippen LogP contribution in [0.25, 0.3) is 0 Å². The van der Waals surface area contributed by atoms with Crippen molar-refractivity contribution in [3.05, 3.63) is 70.2 Å². The molecule has 12 heteroatoms. The third-order valence-electron chi connectivity index (χ3n) is 11.8. The number of likely N-dealkylation sites (tertiary alicyclic amines) is 1. The number of hydrogen-bond donors (Lipinski definition) is 3. The highest BCUT2D eigenvalue weighted by molar-refractivity contribution is 7.90. The van der Waals surface area contributed by atoms with Crippen LogP contribution < -0.4 is 10.0 Å². The molecule has 1 aliphatic heterocycles. The Balaban J connectivity index is 1.00. The van der Waals surface area contributed by atoms with E-state index in [9.17, 15) is 32.7 Å². The van der Waals surface area contributed by atoms with E-state index >= 15 is 0 Å². The molecule has 3 N–H and O–H groups in total. The van der Waals surface area contributed by atoms with Crippen LogP contribution in [0.4, 0.5) is 0 Å². The van der Waals surface area contributed by atoms with Gasteiger partial charge in [0.1, 0.15) is 11.8 Å².